The molecule has 0 N–H and O–H groups in total. The highest BCUT2D eigenvalue weighted by atomic mass is 14.0. The van der Waals surface area contributed by atoms with Gasteiger partial charge in [-0.15, -0.1) is 0 Å². The summed E-state index contributed by atoms with van der Waals surface area (Å²) in [5, 5.41) is 0. The number of aryl methyl sites for hydroxylation is 1. The lowest BCUT2D eigenvalue weighted by Gasteiger charge is -2.03. The first-order valence-corrected chi connectivity index (χ1v) is 12.4. The molecule has 182 valence electrons. The van der Waals surface area contributed by atoms with Gasteiger partial charge in [-0.3, -0.25) is 0 Å². The summed E-state index contributed by atoms with van der Waals surface area (Å²) in [6.07, 6.45) is 24.0. The summed E-state index contributed by atoms with van der Waals surface area (Å²) in [7, 11) is 0. The molecule has 0 saturated carbocycles. The Bertz CT molecular complexity index is 1240. The molecule has 0 aromatic heterocycles. The molecular weight excluding hydrogens is 432 g/mol. The number of allylic oxidation sites excluding steroid dienone is 13. The van der Waals surface area contributed by atoms with E-state index in [4.69, 9.17) is 0 Å². The zero-order valence-corrected chi connectivity index (χ0v) is 21.7. The van der Waals surface area contributed by atoms with Gasteiger partial charge >= 0.3 is 0 Å². The minimum absolute atomic E-state index is 0.813. The van der Waals surface area contributed by atoms with Crippen LogP contribution in [0.4, 0.5) is 0 Å². The van der Waals surface area contributed by atoms with Crippen molar-refractivity contribution in [1.82, 2.24) is 0 Å². The summed E-state index contributed by atoms with van der Waals surface area (Å²) in [6.45, 7) is 16.2. The van der Waals surface area contributed by atoms with Gasteiger partial charge in [0, 0.05) is 0 Å². The van der Waals surface area contributed by atoms with Gasteiger partial charge in [-0.05, 0) is 60.1 Å². The van der Waals surface area contributed by atoms with Crippen molar-refractivity contribution in [3.05, 3.63) is 181 Å². The zero-order valence-electron chi connectivity index (χ0n) is 21.7. The molecule has 0 amide bonds. The van der Waals surface area contributed by atoms with Gasteiger partial charge < -0.3 is 0 Å². The van der Waals surface area contributed by atoms with E-state index in [1.165, 1.54) is 16.7 Å². The smallest absolute Gasteiger partial charge is 0.00941 e. The molecule has 0 radical (unpaired) electrons. The molecular formula is C36H38. The standard InChI is InChI=1S/C36H38/c1-6-9-10-11-14-22-33-24-17-25-35(34(7-2)8-3)26-18-27-36(29-33)31(5)20-13-12-15-21-32-23-16-19-30(4)28-32/h6-20,23-29H,1-2,5,21-22H2,3-4H3/b10-9-,14-11-,15-12-,20-13-,24-17?,25-17?,26-18?,27-18?,33-24?,33-29?,34-8+,35-25?,35-26?,36-27?,36-29?. The van der Waals surface area contributed by atoms with Crippen LogP contribution in [0.15, 0.2) is 153 Å². The Labute approximate surface area is 218 Å². The maximum Gasteiger partial charge on any atom is -0.00941 e. The normalized spacial score (nSPS) is 11.9. The lowest BCUT2D eigenvalue weighted by atomic mass is 10.0. The van der Waals surface area contributed by atoms with Gasteiger partial charge in [0.05, 0.1) is 0 Å². The number of benzene rings is 1. The molecule has 36 heavy (non-hydrogen) atoms. The van der Waals surface area contributed by atoms with Gasteiger partial charge in [-0.2, -0.15) is 0 Å². The second-order valence-electron chi connectivity index (χ2n) is 8.39. The molecule has 0 saturated heterocycles. The Morgan fingerprint density at radius 2 is 1.33 bits per heavy atom. The van der Waals surface area contributed by atoms with Gasteiger partial charge in [0.1, 0.15) is 0 Å². The number of hydrogen-bond donors (Lipinski definition) is 0. The maximum absolute atomic E-state index is 4.34. The van der Waals surface area contributed by atoms with Gasteiger partial charge in [0.2, 0.25) is 0 Å². The summed E-state index contributed by atoms with van der Waals surface area (Å²) >= 11 is 0. The third-order valence-electron chi connectivity index (χ3n) is 5.54. The largest absolute Gasteiger partial charge is 0.0991 e. The van der Waals surface area contributed by atoms with E-state index in [1.807, 2.05) is 31.2 Å². The molecule has 0 unspecified atom stereocenters. The van der Waals surface area contributed by atoms with E-state index in [0.717, 1.165) is 35.1 Å². The second kappa shape index (κ2) is 16.5. The van der Waals surface area contributed by atoms with E-state index >= 15 is 0 Å². The SMILES string of the molecule is C=C/C=C\C=C/Cc1cccc(/C(C=C)=C/C)cccc(C(=C)/C=C\C=C/Cc2cccc(C)c2)c1. The topological polar surface area (TPSA) is 0 Å². The third-order valence-corrected chi connectivity index (χ3v) is 5.54. The second-order valence-corrected chi connectivity index (χ2v) is 8.39. The lowest BCUT2D eigenvalue weighted by molar-refractivity contribution is 1.25. The molecule has 0 aliphatic carbocycles. The van der Waals surface area contributed by atoms with Crippen LogP contribution in [-0.2, 0) is 12.8 Å². The lowest BCUT2D eigenvalue weighted by Crippen LogP contribution is -1.84. The van der Waals surface area contributed by atoms with Crippen molar-refractivity contribution in [2.75, 3.05) is 0 Å². The van der Waals surface area contributed by atoms with Gasteiger partial charge in [0.25, 0.3) is 0 Å². The summed E-state index contributed by atoms with van der Waals surface area (Å²) in [5.74, 6) is 0. The van der Waals surface area contributed by atoms with E-state index in [9.17, 15) is 0 Å². The summed E-state index contributed by atoms with van der Waals surface area (Å²) in [5.41, 5.74) is 8.05. The fourth-order valence-corrected chi connectivity index (χ4v) is 3.62. The van der Waals surface area contributed by atoms with Crippen LogP contribution in [0.25, 0.3) is 11.1 Å². The molecule has 0 aliphatic heterocycles. The zero-order chi connectivity index (χ0) is 26.0. The fourth-order valence-electron chi connectivity index (χ4n) is 3.62. The molecule has 0 aliphatic rings. The van der Waals surface area contributed by atoms with E-state index in [-0.39, 0.29) is 0 Å². The Morgan fingerprint density at radius 1 is 0.722 bits per heavy atom. The van der Waals surface area contributed by atoms with Crippen LogP contribution < -0.4 is 0 Å². The minimum atomic E-state index is 0.813. The van der Waals surface area contributed by atoms with Crippen LogP contribution in [0.2, 0.25) is 0 Å². The molecule has 0 bridgehead atoms. The highest BCUT2D eigenvalue weighted by molar-refractivity contribution is 5.74. The molecule has 0 spiro atoms. The van der Waals surface area contributed by atoms with Gasteiger partial charge in [-0.25, -0.2) is 0 Å². The van der Waals surface area contributed by atoms with Gasteiger partial charge in [0.15, 0.2) is 0 Å². The van der Waals surface area contributed by atoms with Gasteiger partial charge in [-0.1, -0.05) is 159 Å². The molecule has 2 rings (SSSR count). The Balaban J connectivity index is 2.33. The van der Waals surface area contributed by atoms with E-state index < -0.39 is 0 Å². The van der Waals surface area contributed by atoms with E-state index in [2.05, 4.69) is 130 Å². The maximum atomic E-state index is 4.34. The van der Waals surface area contributed by atoms with Crippen molar-refractivity contribution in [3.63, 3.8) is 0 Å². The molecule has 0 heterocycles. The van der Waals surface area contributed by atoms with Crippen LogP contribution >= 0.6 is 0 Å². The van der Waals surface area contributed by atoms with Crippen LogP contribution in [0.1, 0.15) is 34.7 Å². The van der Waals surface area contributed by atoms with E-state index in [0.29, 0.717) is 0 Å². The summed E-state index contributed by atoms with van der Waals surface area (Å²) < 4.78 is 0. The van der Waals surface area contributed by atoms with Crippen molar-refractivity contribution in [2.45, 2.75) is 26.7 Å². The van der Waals surface area contributed by atoms with Crippen molar-refractivity contribution in [1.29, 1.82) is 0 Å². The first kappa shape index (κ1) is 28.1. The molecule has 0 fully saturated rings. The quantitative estimate of drug-likeness (QED) is 0.287. The average Bonchev–Trinajstić information content (AvgIpc) is 2.88. The summed E-state index contributed by atoms with van der Waals surface area (Å²) in [6, 6.07) is 23.5. The van der Waals surface area contributed by atoms with Crippen molar-refractivity contribution >= 4 is 11.1 Å². The highest BCUT2D eigenvalue weighted by Crippen LogP contribution is 2.17. The van der Waals surface area contributed by atoms with Crippen LogP contribution in [0.5, 0.6) is 0 Å². The molecule has 0 heteroatoms. The Hall–Kier alpha value is -4.16. The monoisotopic (exact) mass is 470 g/mol. The van der Waals surface area contributed by atoms with Crippen molar-refractivity contribution < 1.29 is 0 Å². The summed E-state index contributed by atoms with van der Waals surface area (Å²) in [4.78, 5) is 0. The number of hydrogen-bond acceptors (Lipinski definition) is 0. The molecule has 2 aromatic carbocycles. The highest BCUT2D eigenvalue weighted by Gasteiger charge is 1.97. The van der Waals surface area contributed by atoms with Crippen molar-refractivity contribution in [2.24, 2.45) is 0 Å². The van der Waals surface area contributed by atoms with E-state index in [1.54, 1.807) is 6.08 Å². The first-order chi connectivity index (χ1) is 17.6. The molecule has 2 aromatic rings. The molecule has 0 atom stereocenters. The average molecular weight is 471 g/mol. The third kappa shape index (κ3) is 10.4. The first-order valence-electron chi connectivity index (χ1n) is 12.4. The minimum Gasteiger partial charge on any atom is -0.0991 e. The molecule has 0 nitrogen and oxygen atoms in total. The predicted molar refractivity (Wildman–Crippen MR) is 162 cm³/mol. The Morgan fingerprint density at radius 3 is 1.97 bits per heavy atom. The van der Waals surface area contributed by atoms with Crippen molar-refractivity contribution in [3.8, 4) is 0 Å². The van der Waals surface area contributed by atoms with Crippen LogP contribution in [0.3, 0.4) is 0 Å². The predicted octanol–water partition coefficient (Wildman–Crippen LogP) is 9.92. The number of rotatable bonds is 11. The Kier molecular flexibility index (Phi) is 12.8. The van der Waals surface area contributed by atoms with Crippen LogP contribution in [0, 0.1) is 6.92 Å². The van der Waals surface area contributed by atoms with Crippen LogP contribution in [-0.4, -0.2) is 0 Å². The fraction of sp³-hybridized carbons (Fsp3) is 0.111.